The molecule has 5 aromatic heterocycles. The van der Waals surface area contributed by atoms with Gasteiger partial charge in [-0.1, -0.05) is 249 Å². The summed E-state index contributed by atoms with van der Waals surface area (Å²) in [5.74, 6) is 1.49. The van der Waals surface area contributed by atoms with Crippen molar-refractivity contribution in [3.05, 3.63) is 327 Å². The Morgan fingerprint density at radius 1 is 0.271 bits per heavy atom. The van der Waals surface area contributed by atoms with Gasteiger partial charge in [0.2, 0.25) is 5.69 Å². The van der Waals surface area contributed by atoms with Crippen molar-refractivity contribution in [2.75, 3.05) is 0 Å². The summed E-state index contributed by atoms with van der Waals surface area (Å²) < 4.78 is 9.68. The highest BCUT2D eigenvalue weighted by Crippen LogP contribution is 2.54. The second-order valence-corrected chi connectivity index (χ2v) is 26.5. The van der Waals surface area contributed by atoms with E-state index in [1.807, 2.05) is 59.1 Å². The molecule has 0 saturated carbocycles. The number of thiophene rings is 2. The largest absolute Gasteiger partial charge is 0.318 e. The Balaban J connectivity index is 0.990. The SMILES string of the molecule is [C-]#[N+]c1cc(-c2nc(-c3ccccc3)nc(-c3ccccc3)n2)c(-n2c3ccc(-c4ccccc4)cc3c3c4sc5ccc(-c6ccccc6)cc5c4ccc32)c(-c2ccccc2)c1-n1c2ccc(-c3ccccc3)cc2c2c3sc4ccc(-c5ccccc5)cc4c3ccc21. The van der Waals surface area contributed by atoms with E-state index in [-0.39, 0.29) is 0 Å². The predicted octanol–water partition coefficient (Wildman–Crippen LogP) is 24.7. The van der Waals surface area contributed by atoms with Gasteiger partial charge in [0.25, 0.3) is 0 Å². The Morgan fingerprint density at radius 2 is 0.604 bits per heavy atom. The molecule has 0 aliphatic heterocycles. The van der Waals surface area contributed by atoms with E-state index < -0.39 is 0 Å². The van der Waals surface area contributed by atoms with Crippen molar-refractivity contribution in [1.82, 2.24) is 24.1 Å². The molecule has 0 N–H and O–H groups in total. The van der Waals surface area contributed by atoms with Crippen LogP contribution in [-0.4, -0.2) is 24.1 Å². The smallest absolute Gasteiger partial charge is 0.212 e. The minimum absolute atomic E-state index is 0.440. The molecule has 0 aliphatic carbocycles. The zero-order valence-electron chi connectivity index (χ0n) is 51.5. The van der Waals surface area contributed by atoms with Crippen molar-refractivity contribution in [3.8, 4) is 101 Å². The van der Waals surface area contributed by atoms with E-state index in [9.17, 15) is 6.57 Å². The van der Waals surface area contributed by atoms with Gasteiger partial charge in [-0.2, -0.15) is 0 Å². The topological polar surface area (TPSA) is 52.9 Å². The molecule has 0 spiro atoms. The maximum absolute atomic E-state index is 9.70. The lowest BCUT2D eigenvalue weighted by Gasteiger charge is -2.24. The molecular weight excluding hydrogens is 1210 g/mol. The number of aromatic nitrogens is 5. The highest BCUT2D eigenvalue weighted by molar-refractivity contribution is 7.27. The second kappa shape index (κ2) is 22.4. The molecule has 8 heteroatoms. The molecule has 6 nitrogen and oxygen atoms in total. The summed E-state index contributed by atoms with van der Waals surface area (Å²) >= 11 is 3.68. The molecule has 0 bridgehead atoms. The minimum Gasteiger partial charge on any atom is -0.318 e. The van der Waals surface area contributed by atoms with Crippen molar-refractivity contribution in [2.24, 2.45) is 0 Å². The van der Waals surface area contributed by atoms with Gasteiger partial charge in [0.1, 0.15) is 0 Å². The van der Waals surface area contributed by atoms with E-state index in [1.165, 1.54) is 62.6 Å². The predicted molar refractivity (Wildman–Crippen MR) is 404 cm³/mol. The van der Waals surface area contributed by atoms with Crippen LogP contribution in [-0.2, 0) is 0 Å². The first-order valence-electron chi connectivity index (χ1n) is 32.2. The van der Waals surface area contributed by atoms with Crippen LogP contribution in [0.25, 0.3) is 190 Å². The molecule has 19 aromatic rings. The molecule has 0 fully saturated rings. The summed E-state index contributed by atoms with van der Waals surface area (Å²) in [4.78, 5) is 21.1. The van der Waals surface area contributed by atoms with Crippen molar-refractivity contribution in [3.63, 3.8) is 0 Å². The van der Waals surface area contributed by atoms with E-state index in [2.05, 4.69) is 288 Å². The molecule has 446 valence electrons. The highest BCUT2D eigenvalue weighted by atomic mass is 32.1. The van der Waals surface area contributed by atoms with E-state index in [0.29, 0.717) is 28.7 Å². The Morgan fingerprint density at radius 3 is 1.00 bits per heavy atom. The number of hydrogen-bond acceptors (Lipinski definition) is 5. The average Bonchev–Trinajstić information content (AvgIpc) is 1.12. The lowest BCUT2D eigenvalue weighted by atomic mass is 9.94. The molecule has 96 heavy (non-hydrogen) atoms. The van der Waals surface area contributed by atoms with Crippen molar-refractivity contribution >= 4 is 112 Å². The molecular formula is C88H52N6S2. The van der Waals surface area contributed by atoms with E-state index in [1.54, 1.807) is 0 Å². The number of benzene rings is 14. The summed E-state index contributed by atoms with van der Waals surface area (Å²) in [5.41, 5.74) is 19.4. The average molecular weight is 1260 g/mol. The Hall–Kier alpha value is -12.4. The maximum atomic E-state index is 9.70. The maximum Gasteiger partial charge on any atom is 0.212 e. The minimum atomic E-state index is 0.440. The first-order chi connectivity index (χ1) is 47.6. The second-order valence-electron chi connectivity index (χ2n) is 24.4. The standard InChI is InChI=1S/C88H52N6S2/c1-89-72-53-71(88-91-86(59-33-19-7-20-34-59)90-87(92-88)60-35-21-8-22-36-60)82(93-73-43-37-61(54-23-9-2-10-24-54)51-69(73)80-75(93)45-41-65-67-49-63(56-27-13-4-14-28-56)39-47-77(67)95-84(65)80)79(58-31-17-6-18-32-58)83(72)94-74-44-38-62(55-25-11-3-12-26-55)52-70(74)81-76(94)46-42-66-68-50-64(57-29-15-5-16-30-57)40-48-78(68)96-85(66)81/h2-53H. The van der Waals surface area contributed by atoms with Gasteiger partial charge in [0.15, 0.2) is 17.5 Å². The third-order valence-electron chi connectivity index (χ3n) is 19.0. The van der Waals surface area contributed by atoms with Crippen LogP contribution in [0, 0.1) is 6.57 Å². The van der Waals surface area contributed by atoms with Crippen LogP contribution in [0.2, 0.25) is 0 Å². The number of nitrogens with zero attached hydrogens (tertiary/aromatic N) is 6. The Bertz CT molecular complexity index is 6290. The molecule has 5 heterocycles. The van der Waals surface area contributed by atoms with E-state index >= 15 is 0 Å². The molecule has 14 aromatic carbocycles. The van der Waals surface area contributed by atoms with Crippen LogP contribution in [0.1, 0.15) is 0 Å². The fourth-order valence-electron chi connectivity index (χ4n) is 14.6. The van der Waals surface area contributed by atoms with Gasteiger partial charge in [-0.3, -0.25) is 0 Å². The van der Waals surface area contributed by atoms with Gasteiger partial charge in [0.05, 0.1) is 40.0 Å². The lowest BCUT2D eigenvalue weighted by Crippen LogP contribution is -2.08. The third-order valence-corrected chi connectivity index (χ3v) is 21.4. The molecule has 19 rings (SSSR count). The van der Waals surface area contributed by atoms with Crippen LogP contribution in [0.5, 0.6) is 0 Å². The van der Waals surface area contributed by atoms with Gasteiger partial charge in [-0.15, -0.1) is 22.7 Å². The van der Waals surface area contributed by atoms with Crippen molar-refractivity contribution < 1.29 is 0 Å². The number of fused-ring (bicyclic) bond motifs is 14. The molecule has 0 aliphatic rings. The van der Waals surface area contributed by atoms with Crippen molar-refractivity contribution in [1.29, 1.82) is 0 Å². The summed E-state index contributed by atoms with van der Waals surface area (Å²) in [5, 5.41) is 9.28. The van der Waals surface area contributed by atoms with E-state index in [0.717, 1.165) is 99.5 Å². The third kappa shape index (κ3) is 8.94. The van der Waals surface area contributed by atoms with Crippen LogP contribution in [0.4, 0.5) is 5.69 Å². The Kier molecular flexibility index (Phi) is 12.9. The molecule has 0 saturated heterocycles. The van der Waals surface area contributed by atoms with Crippen LogP contribution < -0.4 is 0 Å². The zero-order valence-corrected chi connectivity index (χ0v) is 53.2. The summed E-state index contributed by atoms with van der Waals surface area (Å²) in [7, 11) is 0. The quantitative estimate of drug-likeness (QED) is 0.128. The van der Waals surface area contributed by atoms with Gasteiger partial charge in [-0.05, 0) is 117 Å². The van der Waals surface area contributed by atoms with Crippen LogP contribution >= 0.6 is 22.7 Å². The number of hydrogen-bond donors (Lipinski definition) is 0. The molecule has 0 amide bonds. The normalized spacial score (nSPS) is 11.7. The zero-order chi connectivity index (χ0) is 63.4. The van der Waals surface area contributed by atoms with Crippen LogP contribution in [0.3, 0.4) is 0 Å². The van der Waals surface area contributed by atoms with Gasteiger partial charge >= 0.3 is 0 Å². The lowest BCUT2D eigenvalue weighted by molar-refractivity contribution is 1.06. The fourth-order valence-corrected chi connectivity index (χ4v) is 17.0. The molecule has 0 unspecified atom stereocenters. The first kappa shape index (κ1) is 55.3. The van der Waals surface area contributed by atoms with Gasteiger partial charge in [-0.25, -0.2) is 19.8 Å². The highest BCUT2D eigenvalue weighted by Gasteiger charge is 2.31. The summed E-state index contributed by atoms with van der Waals surface area (Å²) in [6, 6.07) is 113. The number of rotatable bonds is 10. The Labute approximate surface area is 560 Å². The monoisotopic (exact) mass is 1260 g/mol. The van der Waals surface area contributed by atoms with Gasteiger partial charge in [0, 0.05) is 84.1 Å². The summed E-state index contributed by atoms with van der Waals surface area (Å²) in [6.07, 6.45) is 0. The van der Waals surface area contributed by atoms with Crippen molar-refractivity contribution in [2.45, 2.75) is 0 Å². The van der Waals surface area contributed by atoms with Gasteiger partial charge < -0.3 is 9.13 Å². The summed E-state index contributed by atoms with van der Waals surface area (Å²) in [6.45, 7) is 9.70. The molecule has 0 radical (unpaired) electrons. The van der Waals surface area contributed by atoms with E-state index in [4.69, 9.17) is 19.8 Å². The first-order valence-corrected chi connectivity index (χ1v) is 33.8. The molecule has 0 atom stereocenters. The fraction of sp³-hybridized carbons (Fsp3) is 0. The van der Waals surface area contributed by atoms with Crippen LogP contribution in [0.15, 0.2) is 315 Å².